The van der Waals surface area contributed by atoms with E-state index in [0.29, 0.717) is 0 Å². The summed E-state index contributed by atoms with van der Waals surface area (Å²) in [5.74, 6) is 1.06. The Morgan fingerprint density at radius 3 is 2.73 bits per heavy atom. The van der Waals surface area contributed by atoms with Gasteiger partial charge in [0.25, 0.3) is 0 Å². The average Bonchev–Trinajstić information content (AvgIpc) is 2.71. The molecule has 2 rings (SSSR count). The Hall–Kier alpha value is 0.440. The first kappa shape index (κ1) is 8.06. The van der Waals surface area contributed by atoms with E-state index in [9.17, 15) is 0 Å². The third-order valence-corrected chi connectivity index (χ3v) is 3.41. The van der Waals surface area contributed by atoms with Crippen LogP contribution >= 0.6 is 15.9 Å². The first-order valence-electron chi connectivity index (χ1n) is 4.71. The lowest BCUT2D eigenvalue weighted by molar-refractivity contribution is 0.227. The molecule has 64 valence electrons. The van der Waals surface area contributed by atoms with E-state index in [0.717, 1.165) is 10.7 Å². The van der Waals surface area contributed by atoms with Crippen LogP contribution < -0.4 is 0 Å². The summed E-state index contributed by atoms with van der Waals surface area (Å²) in [4.78, 5) is 3.40. The van der Waals surface area contributed by atoms with Crippen LogP contribution in [0.5, 0.6) is 0 Å². The second-order valence-electron chi connectivity index (χ2n) is 3.94. The minimum Gasteiger partial charge on any atom is -0.302 e. The highest BCUT2D eigenvalue weighted by atomic mass is 79.9. The predicted molar refractivity (Wildman–Crippen MR) is 51.1 cm³/mol. The fraction of sp³-hybridized carbons (Fsp3) is 1.00. The molecule has 1 atom stereocenters. The number of nitrogens with zero attached hydrogens (tertiary/aromatic N) is 1. The number of hydrogen-bond acceptors (Lipinski definition) is 1. The molecule has 2 fully saturated rings. The van der Waals surface area contributed by atoms with Gasteiger partial charge in [-0.15, -0.1) is 0 Å². The predicted octanol–water partition coefficient (Wildman–Crippen LogP) is 2.26. The van der Waals surface area contributed by atoms with Gasteiger partial charge in [0, 0.05) is 17.9 Å². The maximum absolute atomic E-state index is 3.70. The van der Waals surface area contributed by atoms with Gasteiger partial charge in [-0.25, -0.2) is 0 Å². The van der Waals surface area contributed by atoms with E-state index < -0.39 is 0 Å². The smallest absolute Gasteiger partial charge is 0.0273 e. The minimum atomic E-state index is 0.773. The van der Waals surface area contributed by atoms with Crippen molar-refractivity contribution in [2.75, 3.05) is 19.6 Å². The monoisotopic (exact) mass is 217 g/mol. The Balaban J connectivity index is 1.73. The zero-order chi connectivity index (χ0) is 7.68. The molecule has 0 spiro atoms. The van der Waals surface area contributed by atoms with Crippen molar-refractivity contribution in [3.05, 3.63) is 0 Å². The van der Waals surface area contributed by atoms with Crippen LogP contribution in [0.25, 0.3) is 0 Å². The molecule has 1 saturated heterocycles. The largest absolute Gasteiger partial charge is 0.302 e. The number of hydrogen-bond donors (Lipinski definition) is 0. The van der Waals surface area contributed by atoms with Crippen molar-refractivity contribution < 1.29 is 0 Å². The molecule has 2 heteroatoms. The molecule has 2 aliphatic rings. The Morgan fingerprint density at radius 2 is 2.09 bits per heavy atom. The van der Waals surface area contributed by atoms with Crippen molar-refractivity contribution in [1.82, 2.24) is 4.90 Å². The lowest BCUT2D eigenvalue weighted by atomic mass is 10.1. The van der Waals surface area contributed by atoms with Crippen molar-refractivity contribution in [3.63, 3.8) is 0 Å². The molecule has 0 aromatic rings. The van der Waals surface area contributed by atoms with Gasteiger partial charge in [0.2, 0.25) is 0 Å². The molecule has 1 aliphatic heterocycles. The molecule has 1 heterocycles. The lowest BCUT2D eigenvalue weighted by Crippen LogP contribution is -2.36. The molecule has 1 saturated carbocycles. The average molecular weight is 218 g/mol. The summed E-state index contributed by atoms with van der Waals surface area (Å²) in [5.41, 5.74) is 0. The number of piperidine rings is 1. The molecule has 11 heavy (non-hydrogen) atoms. The van der Waals surface area contributed by atoms with Gasteiger partial charge in [-0.2, -0.15) is 0 Å². The van der Waals surface area contributed by atoms with Gasteiger partial charge in [0.05, 0.1) is 0 Å². The summed E-state index contributed by atoms with van der Waals surface area (Å²) in [7, 11) is 0. The molecule has 0 aromatic heterocycles. The quantitative estimate of drug-likeness (QED) is 0.642. The van der Waals surface area contributed by atoms with Crippen molar-refractivity contribution in [3.8, 4) is 0 Å². The Kier molecular flexibility index (Phi) is 2.52. The van der Waals surface area contributed by atoms with E-state index in [1.54, 1.807) is 0 Å². The zero-order valence-electron chi connectivity index (χ0n) is 6.93. The van der Waals surface area contributed by atoms with Crippen LogP contribution in [-0.4, -0.2) is 29.4 Å². The fourth-order valence-corrected chi connectivity index (χ4v) is 2.56. The summed E-state index contributed by atoms with van der Waals surface area (Å²) in [6.45, 7) is 4.01. The van der Waals surface area contributed by atoms with Crippen LogP contribution in [0.1, 0.15) is 25.7 Å². The lowest BCUT2D eigenvalue weighted by Gasteiger charge is -2.29. The summed E-state index contributed by atoms with van der Waals surface area (Å²) < 4.78 is 0. The molecule has 1 aliphatic carbocycles. The van der Waals surface area contributed by atoms with Crippen LogP contribution in [0, 0.1) is 5.92 Å². The van der Waals surface area contributed by atoms with Gasteiger partial charge in [0.15, 0.2) is 0 Å². The van der Waals surface area contributed by atoms with Gasteiger partial charge in [-0.1, -0.05) is 15.9 Å². The van der Waals surface area contributed by atoms with Crippen molar-refractivity contribution >= 4 is 15.9 Å². The Bertz CT molecular complexity index is 132. The van der Waals surface area contributed by atoms with Gasteiger partial charge in [0.1, 0.15) is 0 Å². The second-order valence-corrected chi connectivity index (χ2v) is 5.24. The molecule has 0 radical (unpaired) electrons. The summed E-state index contributed by atoms with van der Waals surface area (Å²) in [5, 5.41) is 0. The van der Waals surface area contributed by atoms with E-state index in [1.807, 2.05) is 0 Å². The van der Waals surface area contributed by atoms with Crippen LogP contribution in [0.15, 0.2) is 0 Å². The molecule has 0 N–H and O–H groups in total. The zero-order valence-corrected chi connectivity index (χ0v) is 8.52. The summed E-state index contributed by atoms with van der Waals surface area (Å²) in [6.07, 6.45) is 5.75. The van der Waals surface area contributed by atoms with E-state index in [2.05, 4.69) is 20.8 Å². The van der Waals surface area contributed by atoms with Crippen molar-refractivity contribution in [2.24, 2.45) is 5.92 Å². The number of rotatable bonds is 2. The summed E-state index contributed by atoms with van der Waals surface area (Å²) >= 11 is 3.70. The first-order chi connectivity index (χ1) is 5.34. The van der Waals surface area contributed by atoms with Crippen LogP contribution in [-0.2, 0) is 0 Å². The fourth-order valence-electron chi connectivity index (χ4n) is 1.83. The van der Waals surface area contributed by atoms with Gasteiger partial charge >= 0.3 is 0 Å². The van der Waals surface area contributed by atoms with E-state index in [-0.39, 0.29) is 0 Å². The second kappa shape index (κ2) is 3.44. The van der Waals surface area contributed by atoms with E-state index in [1.165, 1.54) is 45.3 Å². The molecular weight excluding hydrogens is 202 g/mol. The molecular formula is C9H16BrN. The maximum Gasteiger partial charge on any atom is 0.0273 e. The van der Waals surface area contributed by atoms with Crippen molar-refractivity contribution in [1.29, 1.82) is 0 Å². The third kappa shape index (κ3) is 2.45. The van der Waals surface area contributed by atoms with E-state index >= 15 is 0 Å². The molecule has 0 bridgehead atoms. The molecule has 1 nitrogen and oxygen atoms in total. The first-order valence-corrected chi connectivity index (χ1v) is 5.62. The van der Waals surface area contributed by atoms with Gasteiger partial charge < -0.3 is 4.90 Å². The number of halogens is 1. The third-order valence-electron chi connectivity index (χ3n) is 2.66. The molecule has 1 unspecified atom stereocenters. The maximum atomic E-state index is 3.70. The number of alkyl halides is 1. The van der Waals surface area contributed by atoms with Crippen LogP contribution in [0.4, 0.5) is 0 Å². The molecule has 0 amide bonds. The van der Waals surface area contributed by atoms with Crippen molar-refractivity contribution in [2.45, 2.75) is 30.5 Å². The number of likely N-dealkylation sites (tertiary alicyclic amines) is 1. The highest BCUT2D eigenvalue weighted by molar-refractivity contribution is 9.09. The van der Waals surface area contributed by atoms with Crippen LogP contribution in [0.3, 0.4) is 0 Å². The Labute approximate surface area is 77.3 Å². The van der Waals surface area contributed by atoms with Crippen LogP contribution in [0.2, 0.25) is 0 Å². The summed E-state index contributed by atoms with van der Waals surface area (Å²) in [6, 6.07) is 0. The SMILES string of the molecule is BrC1CCCN(CC2CC2)C1. The van der Waals surface area contributed by atoms with E-state index in [4.69, 9.17) is 0 Å². The highest BCUT2D eigenvalue weighted by Crippen LogP contribution is 2.31. The normalized spacial score (nSPS) is 34.1. The van der Waals surface area contributed by atoms with Gasteiger partial charge in [-0.3, -0.25) is 0 Å². The van der Waals surface area contributed by atoms with Gasteiger partial charge in [-0.05, 0) is 38.1 Å². The Morgan fingerprint density at radius 1 is 1.27 bits per heavy atom. The topological polar surface area (TPSA) is 3.24 Å². The standard InChI is InChI=1S/C9H16BrN/c10-9-2-1-5-11(7-9)6-8-3-4-8/h8-9H,1-7H2. The minimum absolute atomic E-state index is 0.773. The molecule has 0 aromatic carbocycles. The highest BCUT2D eigenvalue weighted by Gasteiger charge is 2.26.